The quantitative estimate of drug-likeness (QED) is 0.638. The molecule has 1 aromatic carbocycles. The molecular weight excluding hydrogens is 238 g/mol. The number of hydrogen-bond donors (Lipinski definition) is 0. The average molecular weight is 266 g/mol. The van der Waals surface area contributed by atoms with Gasteiger partial charge in [0.2, 0.25) is 0 Å². The van der Waals surface area contributed by atoms with Gasteiger partial charge in [0.15, 0.2) is 0 Å². The molecule has 3 heteroatoms. The van der Waals surface area contributed by atoms with Crippen LogP contribution in [0.25, 0.3) is 0 Å². The third kappa shape index (κ3) is 4.75. The molecule has 1 rings (SSSR count). The highest BCUT2D eigenvalue weighted by Gasteiger charge is 2.20. The van der Waals surface area contributed by atoms with Crippen LogP contribution in [0.4, 0.5) is 0 Å². The first-order valence-corrected chi connectivity index (χ1v) is 7.40. The fraction of sp³-hybridized carbons (Fsp3) is 0.625. The summed E-state index contributed by atoms with van der Waals surface area (Å²) in [5.74, 6) is 1.82. The molecule has 19 heavy (non-hydrogen) atoms. The molecule has 0 heterocycles. The number of ether oxygens (including phenoxy) is 2. The van der Waals surface area contributed by atoms with Crippen LogP contribution in [0.2, 0.25) is 0 Å². The molecular formula is C16H28NO2+. The van der Waals surface area contributed by atoms with Crippen molar-refractivity contribution < 1.29 is 14.0 Å². The molecule has 0 spiro atoms. The minimum absolute atomic E-state index is 0.698. The van der Waals surface area contributed by atoms with E-state index in [2.05, 4.69) is 20.8 Å². The summed E-state index contributed by atoms with van der Waals surface area (Å²) in [6.07, 6.45) is 0. The van der Waals surface area contributed by atoms with E-state index < -0.39 is 0 Å². The van der Waals surface area contributed by atoms with Crippen molar-refractivity contribution in [3.05, 3.63) is 24.3 Å². The number of benzene rings is 1. The second-order valence-electron chi connectivity index (χ2n) is 4.77. The molecule has 0 amide bonds. The molecule has 0 saturated carbocycles. The van der Waals surface area contributed by atoms with Gasteiger partial charge in [-0.05, 0) is 52.0 Å². The predicted molar refractivity (Wildman–Crippen MR) is 79.9 cm³/mol. The van der Waals surface area contributed by atoms with Gasteiger partial charge in [-0.25, -0.2) is 0 Å². The zero-order valence-corrected chi connectivity index (χ0v) is 12.8. The Labute approximate surface area is 117 Å². The van der Waals surface area contributed by atoms with E-state index in [4.69, 9.17) is 9.47 Å². The lowest BCUT2D eigenvalue weighted by Gasteiger charge is -2.35. The zero-order valence-electron chi connectivity index (χ0n) is 12.8. The van der Waals surface area contributed by atoms with Crippen molar-refractivity contribution in [2.45, 2.75) is 27.7 Å². The third-order valence-electron chi connectivity index (χ3n) is 3.98. The molecule has 0 N–H and O–H groups in total. The first kappa shape index (κ1) is 15.8. The lowest BCUT2D eigenvalue weighted by Crippen LogP contribution is -2.49. The van der Waals surface area contributed by atoms with E-state index >= 15 is 0 Å². The van der Waals surface area contributed by atoms with Gasteiger partial charge in [0.25, 0.3) is 0 Å². The Morgan fingerprint density at radius 2 is 1.26 bits per heavy atom. The summed E-state index contributed by atoms with van der Waals surface area (Å²) in [6.45, 7) is 14.8. The molecule has 0 fully saturated rings. The number of nitrogens with zero attached hydrogens (tertiary/aromatic N) is 1. The zero-order chi connectivity index (χ0) is 14.1. The smallest absolute Gasteiger partial charge is 0.137 e. The summed E-state index contributed by atoms with van der Waals surface area (Å²) >= 11 is 0. The lowest BCUT2D eigenvalue weighted by atomic mass is 10.3. The van der Waals surface area contributed by atoms with Gasteiger partial charge in [-0.3, -0.25) is 0 Å². The van der Waals surface area contributed by atoms with E-state index in [1.54, 1.807) is 0 Å². The van der Waals surface area contributed by atoms with E-state index in [-0.39, 0.29) is 0 Å². The van der Waals surface area contributed by atoms with Crippen LogP contribution in [-0.4, -0.2) is 43.9 Å². The minimum atomic E-state index is 0.698. The van der Waals surface area contributed by atoms with Gasteiger partial charge in [-0.15, -0.1) is 0 Å². The van der Waals surface area contributed by atoms with E-state index in [9.17, 15) is 0 Å². The Hall–Kier alpha value is -1.22. The van der Waals surface area contributed by atoms with Gasteiger partial charge in [0, 0.05) is 0 Å². The molecule has 0 unspecified atom stereocenters. The summed E-state index contributed by atoms with van der Waals surface area (Å²) in [5.41, 5.74) is 0. The van der Waals surface area contributed by atoms with Gasteiger partial charge < -0.3 is 14.0 Å². The number of quaternary nitrogens is 1. The Bertz CT molecular complexity index is 336. The Morgan fingerprint density at radius 1 is 0.789 bits per heavy atom. The van der Waals surface area contributed by atoms with Crippen LogP contribution < -0.4 is 9.47 Å². The van der Waals surface area contributed by atoms with Crippen molar-refractivity contribution >= 4 is 0 Å². The largest absolute Gasteiger partial charge is 0.494 e. The van der Waals surface area contributed by atoms with E-state index in [1.807, 2.05) is 31.2 Å². The fourth-order valence-corrected chi connectivity index (χ4v) is 2.30. The summed E-state index contributed by atoms with van der Waals surface area (Å²) in [6, 6.07) is 7.87. The van der Waals surface area contributed by atoms with Crippen LogP contribution in [0.1, 0.15) is 27.7 Å². The second-order valence-corrected chi connectivity index (χ2v) is 4.77. The summed E-state index contributed by atoms with van der Waals surface area (Å²) in [5, 5.41) is 0. The van der Waals surface area contributed by atoms with Crippen LogP contribution in [-0.2, 0) is 0 Å². The van der Waals surface area contributed by atoms with Gasteiger partial charge >= 0.3 is 0 Å². The Morgan fingerprint density at radius 3 is 1.68 bits per heavy atom. The predicted octanol–water partition coefficient (Wildman–Crippen LogP) is 3.34. The molecule has 1 aromatic rings. The highest BCUT2D eigenvalue weighted by atomic mass is 16.5. The van der Waals surface area contributed by atoms with Gasteiger partial charge in [0.1, 0.15) is 24.7 Å². The van der Waals surface area contributed by atoms with E-state index in [1.165, 1.54) is 19.6 Å². The fourth-order valence-electron chi connectivity index (χ4n) is 2.30. The van der Waals surface area contributed by atoms with Gasteiger partial charge in [-0.2, -0.15) is 0 Å². The van der Waals surface area contributed by atoms with Gasteiger partial charge in [0.05, 0.1) is 26.2 Å². The molecule has 0 aliphatic rings. The molecule has 0 bridgehead atoms. The third-order valence-corrected chi connectivity index (χ3v) is 3.98. The van der Waals surface area contributed by atoms with Crippen LogP contribution >= 0.6 is 0 Å². The van der Waals surface area contributed by atoms with Crippen molar-refractivity contribution in [3.63, 3.8) is 0 Å². The Balaban J connectivity index is 2.44. The first-order chi connectivity index (χ1) is 9.19. The van der Waals surface area contributed by atoms with Crippen molar-refractivity contribution in [1.82, 2.24) is 0 Å². The van der Waals surface area contributed by atoms with Crippen molar-refractivity contribution in [3.8, 4) is 11.5 Å². The summed E-state index contributed by atoms with van der Waals surface area (Å²) in [7, 11) is 0. The number of hydrogen-bond acceptors (Lipinski definition) is 2. The maximum atomic E-state index is 5.83. The van der Waals surface area contributed by atoms with Crippen LogP contribution in [0, 0.1) is 0 Å². The SMILES string of the molecule is CCOc1ccc(OCC[N+](CC)(CC)CC)cc1. The Kier molecular flexibility index (Phi) is 6.71. The molecule has 0 aliphatic carbocycles. The number of likely N-dealkylation sites (N-methyl/N-ethyl adjacent to an activating group) is 1. The van der Waals surface area contributed by atoms with Gasteiger partial charge in [-0.1, -0.05) is 0 Å². The molecule has 0 saturated heterocycles. The first-order valence-electron chi connectivity index (χ1n) is 7.40. The summed E-state index contributed by atoms with van der Waals surface area (Å²) in [4.78, 5) is 0. The maximum absolute atomic E-state index is 5.83. The van der Waals surface area contributed by atoms with E-state index in [0.717, 1.165) is 29.1 Å². The second kappa shape index (κ2) is 8.05. The summed E-state index contributed by atoms with van der Waals surface area (Å²) < 4.78 is 12.4. The maximum Gasteiger partial charge on any atom is 0.137 e. The standard InChI is InChI=1S/C16H28NO2/c1-5-17(6-2,7-3)13-14-19-16-11-9-15(10-12-16)18-8-4/h9-12H,5-8,13-14H2,1-4H3/q+1. The lowest BCUT2D eigenvalue weighted by molar-refractivity contribution is -0.923. The minimum Gasteiger partial charge on any atom is -0.494 e. The van der Waals surface area contributed by atoms with Crippen molar-refractivity contribution in [2.24, 2.45) is 0 Å². The molecule has 0 radical (unpaired) electrons. The monoisotopic (exact) mass is 266 g/mol. The molecule has 0 atom stereocenters. The normalized spacial score (nSPS) is 11.4. The van der Waals surface area contributed by atoms with Crippen LogP contribution in [0.3, 0.4) is 0 Å². The van der Waals surface area contributed by atoms with Crippen molar-refractivity contribution in [2.75, 3.05) is 39.4 Å². The highest BCUT2D eigenvalue weighted by Crippen LogP contribution is 2.17. The molecule has 0 aromatic heterocycles. The van der Waals surface area contributed by atoms with Crippen LogP contribution in [0.15, 0.2) is 24.3 Å². The molecule has 108 valence electrons. The topological polar surface area (TPSA) is 18.5 Å². The molecule has 3 nitrogen and oxygen atoms in total. The highest BCUT2D eigenvalue weighted by molar-refractivity contribution is 5.31. The molecule has 0 aliphatic heterocycles. The van der Waals surface area contributed by atoms with Crippen molar-refractivity contribution in [1.29, 1.82) is 0 Å². The van der Waals surface area contributed by atoms with E-state index in [0.29, 0.717) is 6.61 Å². The van der Waals surface area contributed by atoms with Crippen LogP contribution in [0.5, 0.6) is 11.5 Å². The number of rotatable bonds is 9. The average Bonchev–Trinajstić information content (AvgIpc) is 2.46.